The number of benzene rings is 1. The van der Waals surface area contributed by atoms with Gasteiger partial charge in [0.1, 0.15) is 5.82 Å². The Balaban J connectivity index is 1.33. The summed E-state index contributed by atoms with van der Waals surface area (Å²) in [6.45, 7) is 5.55. The van der Waals surface area contributed by atoms with Crippen LogP contribution in [0.3, 0.4) is 0 Å². The molecule has 27 heavy (non-hydrogen) atoms. The fourth-order valence-electron chi connectivity index (χ4n) is 4.86. The fraction of sp³-hybridized carbons (Fsp3) is 0.455. The molecule has 3 aromatic rings. The molecule has 1 aromatic carbocycles. The van der Waals surface area contributed by atoms with Crippen molar-refractivity contribution in [2.45, 2.75) is 32.0 Å². The zero-order chi connectivity index (χ0) is 18.2. The minimum atomic E-state index is 0.630. The smallest absolute Gasteiger partial charge is 0.123 e. The Kier molecular flexibility index (Phi) is 4.42. The lowest BCUT2D eigenvalue weighted by atomic mass is 9.95. The van der Waals surface area contributed by atoms with Crippen LogP contribution in [0.1, 0.15) is 24.2 Å². The van der Waals surface area contributed by atoms with E-state index in [2.05, 4.69) is 62.8 Å². The second-order valence-corrected chi connectivity index (χ2v) is 8.15. The van der Waals surface area contributed by atoms with Crippen molar-refractivity contribution in [3.8, 4) is 0 Å². The van der Waals surface area contributed by atoms with Crippen LogP contribution in [0, 0.1) is 5.92 Å². The number of hydrogen-bond acceptors (Lipinski definition) is 4. The molecule has 5 heteroatoms. The van der Waals surface area contributed by atoms with Gasteiger partial charge in [0.05, 0.1) is 17.6 Å². The van der Waals surface area contributed by atoms with Gasteiger partial charge in [-0.2, -0.15) is 0 Å². The van der Waals surface area contributed by atoms with Crippen LogP contribution < -0.4 is 0 Å². The number of aryl methyl sites for hydroxylation is 1. The molecule has 140 valence electrons. The average Bonchev–Trinajstić information content (AvgIpc) is 2.83. The lowest BCUT2D eigenvalue weighted by molar-refractivity contribution is 0.119. The topological polar surface area (TPSA) is 37.2 Å². The molecule has 0 radical (unpaired) electrons. The first-order valence-corrected chi connectivity index (χ1v) is 10.0. The maximum absolute atomic E-state index is 4.91. The van der Waals surface area contributed by atoms with Gasteiger partial charge in [-0.3, -0.25) is 14.8 Å². The number of piperidine rings is 1. The van der Waals surface area contributed by atoms with E-state index >= 15 is 0 Å². The van der Waals surface area contributed by atoms with Gasteiger partial charge >= 0.3 is 0 Å². The highest BCUT2D eigenvalue weighted by molar-refractivity contribution is 5.75. The van der Waals surface area contributed by atoms with E-state index in [1.165, 1.54) is 42.8 Å². The first-order chi connectivity index (χ1) is 13.3. The SMILES string of the molecule is Cn1c(CN2C[C@@H]3CC[C@H]2CN(Cc2ccncc2)C3)nc2ccccc21. The van der Waals surface area contributed by atoms with E-state index < -0.39 is 0 Å². The van der Waals surface area contributed by atoms with Gasteiger partial charge in [0, 0.05) is 51.7 Å². The van der Waals surface area contributed by atoms with E-state index in [0.717, 1.165) is 31.1 Å². The zero-order valence-electron chi connectivity index (χ0n) is 16.0. The number of aromatic nitrogens is 3. The van der Waals surface area contributed by atoms with E-state index in [1.54, 1.807) is 0 Å². The molecule has 6 rings (SSSR count). The summed E-state index contributed by atoms with van der Waals surface area (Å²) in [5.41, 5.74) is 3.70. The molecule has 2 bridgehead atoms. The van der Waals surface area contributed by atoms with Crippen molar-refractivity contribution in [1.82, 2.24) is 24.3 Å². The highest BCUT2D eigenvalue weighted by atomic mass is 15.3. The van der Waals surface area contributed by atoms with Gasteiger partial charge in [-0.25, -0.2) is 4.98 Å². The normalized spacial score (nSPS) is 23.7. The Hall–Kier alpha value is -2.24. The molecular weight excluding hydrogens is 334 g/mol. The molecule has 2 aromatic heterocycles. The van der Waals surface area contributed by atoms with Gasteiger partial charge in [-0.1, -0.05) is 12.1 Å². The maximum atomic E-state index is 4.91. The van der Waals surface area contributed by atoms with Gasteiger partial charge in [0.25, 0.3) is 0 Å². The minimum Gasteiger partial charge on any atom is -0.330 e. The first-order valence-electron chi connectivity index (χ1n) is 10.0. The zero-order valence-corrected chi connectivity index (χ0v) is 16.0. The van der Waals surface area contributed by atoms with Gasteiger partial charge in [-0.05, 0) is 48.6 Å². The predicted octanol–water partition coefficient (Wildman–Crippen LogP) is 3.06. The number of para-hydroxylation sites is 2. The van der Waals surface area contributed by atoms with E-state index in [9.17, 15) is 0 Å². The lowest BCUT2D eigenvalue weighted by Crippen LogP contribution is -2.43. The summed E-state index contributed by atoms with van der Waals surface area (Å²) < 4.78 is 2.27. The summed E-state index contributed by atoms with van der Waals surface area (Å²) in [7, 11) is 2.15. The molecule has 0 aliphatic carbocycles. The largest absolute Gasteiger partial charge is 0.330 e. The quantitative estimate of drug-likeness (QED) is 0.716. The van der Waals surface area contributed by atoms with Crippen molar-refractivity contribution in [2.75, 3.05) is 19.6 Å². The molecular formula is C22H27N5. The summed E-state index contributed by atoms with van der Waals surface area (Å²) in [6.07, 6.45) is 6.47. The molecule has 0 unspecified atom stereocenters. The van der Waals surface area contributed by atoms with Gasteiger partial charge in [-0.15, -0.1) is 0 Å². The molecule has 5 heterocycles. The number of imidazole rings is 1. The molecule has 0 amide bonds. The van der Waals surface area contributed by atoms with Crippen LogP contribution in [0.2, 0.25) is 0 Å². The van der Waals surface area contributed by atoms with Gasteiger partial charge in [0.15, 0.2) is 0 Å². The molecule has 0 N–H and O–H groups in total. The van der Waals surface area contributed by atoms with Crippen LogP contribution in [-0.4, -0.2) is 50.0 Å². The Morgan fingerprint density at radius 1 is 0.963 bits per heavy atom. The Bertz CT molecular complexity index is 919. The highest BCUT2D eigenvalue weighted by Crippen LogP contribution is 2.30. The van der Waals surface area contributed by atoms with Crippen LogP contribution >= 0.6 is 0 Å². The third-order valence-corrected chi connectivity index (χ3v) is 6.28. The fourth-order valence-corrected chi connectivity index (χ4v) is 4.86. The standard InChI is InChI=1S/C22H27N5/c1-25-21-5-3-2-4-20(21)24-22(25)16-27-14-18-6-7-19(27)15-26(13-18)12-17-8-10-23-11-9-17/h2-5,8-11,18-19H,6-7,12-16H2,1H3/t18-,19+/m1/s1. The van der Waals surface area contributed by atoms with Crippen LogP contribution in [0.5, 0.6) is 0 Å². The minimum absolute atomic E-state index is 0.630. The van der Waals surface area contributed by atoms with Crippen molar-refractivity contribution in [3.63, 3.8) is 0 Å². The number of pyridine rings is 1. The summed E-state index contributed by atoms with van der Waals surface area (Å²) in [5, 5.41) is 0. The van der Waals surface area contributed by atoms with E-state index in [4.69, 9.17) is 4.98 Å². The second-order valence-electron chi connectivity index (χ2n) is 8.15. The number of rotatable bonds is 4. The molecule has 3 fully saturated rings. The molecule has 3 saturated heterocycles. The summed E-state index contributed by atoms with van der Waals surface area (Å²) in [6, 6.07) is 13.4. The van der Waals surface area contributed by atoms with Crippen LogP contribution in [0.4, 0.5) is 0 Å². The van der Waals surface area contributed by atoms with Crippen LogP contribution in [0.25, 0.3) is 11.0 Å². The first kappa shape index (κ1) is 16.9. The van der Waals surface area contributed by atoms with Crippen molar-refractivity contribution in [1.29, 1.82) is 0 Å². The van der Waals surface area contributed by atoms with Gasteiger partial charge in [0.2, 0.25) is 0 Å². The Morgan fingerprint density at radius 3 is 2.67 bits per heavy atom. The number of hydrogen-bond donors (Lipinski definition) is 0. The monoisotopic (exact) mass is 361 g/mol. The lowest BCUT2D eigenvalue weighted by Gasteiger charge is -2.35. The van der Waals surface area contributed by atoms with Crippen molar-refractivity contribution in [2.24, 2.45) is 13.0 Å². The summed E-state index contributed by atoms with van der Waals surface area (Å²) >= 11 is 0. The third-order valence-electron chi connectivity index (χ3n) is 6.28. The van der Waals surface area contributed by atoms with Crippen molar-refractivity contribution < 1.29 is 0 Å². The van der Waals surface area contributed by atoms with Crippen molar-refractivity contribution >= 4 is 11.0 Å². The Labute approximate surface area is 160 Å². The third kappa shape index (κ3) is 3.37. The maximum Gasteiger partial charge on any atom is 0.123 e. The molecule has 3 aliphatic rings. The molecule has 5 nitrogen and oxygen atoms in total. The van der Waals surface area contributed by atoms with E-state index in [0.29, 0.717) is 6.04 Å². The van der Waals surface area contributed by atoms with Gasteiger partial charge < -0.3 is 4.57 Å². The van der Waals surface area contributed by atoms with Crippen LogP contribution in [-0.2, 0) is 20.1 Å². The molecule has 0 spiro atoms. The number of fused-ring (bicyclic) bond motifs is 5. The van der Waals surface area contributed by atoms with Crippen molar-refractivity contribution in [3.05, 3.63) is 60.2 Å². The summed E-state index contributed by atoms with van der Waals surface area (Å²) in [4.78, 5) is 14.4. The van der Waals surface area contributed by atoms with Crippen LogP contribution in [0.15, 0.2) is 48.8 Å². The highest BCUT2D eigenvalue weighted by Gasteiger charge is 2.35. The molecule has 0 saturated carbocycles. The number of nitrogens with zero attached hydrogens (tertiary/aromatic N) is 5. The van der Waals surface area contributed by atoms with E-state index in [1.807, 2.05) is 12.4 Å². The average molecular weight is 361 g/mol. The summed E-state index contributed by atoms with van der Waals surface area (Å²) in [5.74, 6) is 1.95. The second kappa shape index (κ2) is 7.06. The predicted molar refractivity (Wildman–Crippen MR) is 107 cm³/mol. The van der Waals surface area contributed by atoms with E-state index in [-0.39, 0.29) is 0 Å². The molecule has 3 aliphatic heterocycles. The molecule has 2 atom stereocenters. The Morgan fingerprint density at radius 2 is 1.81 bits per heavy atom.